The molecule has 0 saturated carbocycles. The average molecular weight is 387 g/mol. The van der Waals surface area contributed by atoms with E-state index in [0.717, 1.165) is 17.7 Å². The van der Waals surface area contributed by atoms with E-state index in [4.69, 9.17) is 5.73 Å². The van der Waals surface area contributed by atoms with Crippen LogP contribution in [0.4, 0.5) is 5.69 Å². The quantitative estimate of drug-likeness (QED) is 0.819. The fourth-order valence-corrected chi connectivity index (χ4v) is 5.92. The number of thiophene rings is 1. The molecule has 0 spiro atoms. The summed E-state index contributed by atoms with van der Waals surface area (Å²) in [6.07, 6.45) is 1.73. The third-order valence-electron chi connectivity index (χ3n) is 3.64. The molecule has 1 aromatic heterocycles. The monoisotopic (exact) mass is 386 g/mol. The van der Waals surface area contributed by atoms with Crippen LogP contribution in [0.5, 0.6) is 0 Å². The van der Waals surface area contributed by atoms with E-state index >= 15 is 0 Å². The lowest BCUT2D eigenvalue weighted by Crippen LogP contribution is -2.30. The van der Waals surface area contributed by atoms with Crippen molar-refractivity contribution in [2.45, 2.75) is 23.8 Å². The van der Waals surface area contributed by atoms with E-state index in [1.54, 1.807) is 33.8 Å². The highest BCUT2D eigenvalue weighted by Gasteiger charge is 2.37. The van der Waals surface area contributed by atoms with E-state index in [9.17, 15) is 8.42 Å². The zero-order valence-corrected chi connectivity index (χ0v) is 14.4. The summed E-state index contributed by atoms with van der Waals surface area (Å²) in [6, 6.07) is 8.81. The number of hydrogen-bond acceptors (Lipinski definition) is 4. The predicted octanol–water partition coefficient (Wildman–Crippen LogP) is 3.62. The van der Waals surface area contributed by atoms with Crippen molar-refractivity contribution in [3.8, 4) is 0 Å². The normalized spacial score (nSPS) is 20.0. The maximum Gasteiger partial charge on any atom is 0.245 e. The minimum atomic E-state index is -3.58. The second kappa shape index (κ2) is 5.72. The van der Waals surface area contributed by atoms with Crippen LogP contribution in [0.1, 0.15) is 23.8 Å². The Bertz CT molecular complexity index is 744. The van der Waals surface area contributed by atoms with E-state index in [1.807, 2.05) is 17.5 Å². The molecular weight excluding hydrogens is 372 g/mol. The molecule has 4 nitrogen and oxygen atoms in total. The molecule has 1 atom stereocenters. The molecule has 1 aromatic carbocycles. The Kier molecular flexibility index (Phi) is 4.09. The zero-order chi connectivity index (χ0) is 15.0. The molecule has 0 radical (unpaired) electrons. The molecule has 7 heteroatoms. The van der Waals surface area contributed by atoms with Gasteiger partial charge in [-0.1, -0.05) is 22.0 Å². The molecule has 0 bridgehead atoms. The first-order valence-electron chi connectivity index (χ1n) is 6.60. The topological polar surface area (TPSA) is 63.4 Å². The molecule has 2 aromatic rings. The lowest BCUT2D eigenvalue weighted by atomic mass is 10.2. The van der Waals surface area contributed by atoms with E-state index in [1.165, 1.54) is 0 Å². The maximum atomic E-state index is 12.9. The first kappa shape index (κ1) is 15.0. The molecule has 3 rings (SSSR count). The molecule has 1 unspecified atom stereocenters. The Hall–Kier alpha value is -0.890. The third kappa shape index (κ3) is 2.75. The third-order valence-corrected chi connectivity index (χ3v) is 7.07. The molecule has 112 valence electrons. The highest BCUT2D eigenvalue weighted by atomic mass is 79.9. The maximum absolute atomic E-state index is 12.9. The summed E-state index contributed by atoms with van der Waals surface area (Å²) in [4.78, 5) is 1.27. The fourth-order valence-electron chi connectivity index (χ4n) is 2.65. The lowest BCUT2D eigenvalue weighted by Gasteiger charge is -2.24. The number of rotatable bonds is 3. The van der Waals surface area contributed by atoms with Crippen molar-refractivity contribution >= 4 is 43.0 Å². The summed E-state index contributed by atoms with van der Waals surface area (Å²) in [5.74, 6) is 0. The zero-order valence-electron chi connectivity index (χ0n) is 11.2. The van der Waals surface area contributed by atoms with Gasteiger partial charge in [0, 0.05) is 15.9 Å². The Balaban J connectivity index is 2.03. The van der Waals surface area contributed by atoms with E-state index in [2.05, 4.69) is 15.9 Å². The van der Waals surface area contributed by atoms with Crippen LogP contribution in [0, 0.1) is 0 Å². The van der Waals surface area contributed by atoms with Gasteiger partial charge in [0.1, 0.15) is 4.90 Å². The lowest BCUT2D eigenvalue weighted by molar-refractivity contribution is 0.401. The predicted molar refractivity (Wildman–Crippen MR) is 88.7 cm³/mol. The van der Waals surface area contributed by atoms with Gasteiger partial charge in [-0.05, 0) is 42.5 Å². The smallest absolute Gasteiger partial charge is 0.245 e. The van der Waals surface area contributed by atoms with Crippen molar-refractivity contribution in [3.63, 3.8) is 0 Å². The molecule has 0 amide bonds. The molecular formula is C14H15BrN2O2S2. The summed E-state index contributed by atoms with van der Waals surface area (Å²) in [5.41, 5.74) is 6.17. The van der Waals surface area contributed by atoms with Gasteiger partial charge in [0.15, 0.2) is 0 Å². The standard InChI is InChI=1S/C14H15BrN2O2S2/c15-10-5-6-11(16)14(9-10)21(18,19)17-7-1-3-12(17)13-4-2-8-20-13/h2,4-6,8-9,12H,1,3,7,16H2. The van der Waals surface area contributed by atoms with Gasteiger partial charge in [0.05, 0.1) is 11.7 Å². The molecule has 2 heterocycles. The van der Waals surface area contributed by atoms with E-state index in [-0.39, 0.29) is 16.6 Å². The molecule has 1 aliphatic rings. The van der Waals surface area contributed by atoms with E-state index < -0.39 is 10.0 Å². The second-order valence-corrected chi connectivity index (χ2v) is 8.73. The van der Waals surface area contributed by atoms with Gasteiger partial charge in [-0.2, -0.15) is 4.31 Å². The summed E-state index contributed by atoms with van der Waals surface area (Å²) in [6.45, 7) is 0.539. The van der Waals surface area contributed by atoms with Crippen molar-refractivity contribution in [1.29, 1.82) is 0 Å². The van der Waals surface area contributed by atoms with Crippen LogP contribution in [-0.4, -0.2) is 19.3 Å². The molecule has 1 aliphatic heterocycles. The number of nitrogen functional groups attached to an aromatic ring is 1. The molecule has 0 aliphatic carbocycles. The number of hydrogen-bond donors (Lipinski definition) is 1. The molecule has 2 N–H and O–H groups in total. The van der Waals surface area contributed by atoms with Gasteiger partial charge in [-0.3, -0.25) is 0 Å². The number of nitrogens with zero attached hydrogens (tertiary/aromatic N) is 1. The van der Waals surface area contributed by atoms with Crippen molar-refractivity contribution in [2.24, 2.45) is 0 Å². The van der Waals surface area contributed by atoms with Crippen LogP contribution in [0.15, 0.2) is 45.1 Å². The van der Waals surface area contributed by atoms with E-state index in [0.29, 0.717) is 11.0 Å². The van der Waals surface area contributed by atoms with Crippen LogP contribution in [0.25, 0.3) is 0 Å². The minimum Gasteiger partial charge on any atom is -0.398 e. The van der Waals surface area contributed by atoms with Gasteiger partial charge in [0.25, 0.3) is 0 Å². The Labute approximate surface area is 136 Å². The van der Waals surface area contributed by atoms with Gasteiger partial charge >= 0.3 is 0 Å². The second-order valence-electron chi connectivity index (χ2n) is 4.97. The number of sulfonamides is 1. The largest absolute Gasteiger partial charge is 0.398 e. The summed E-state index contributed by atoms with van der Waals surface area (Å²) < 4.78 is 28.2. The van der Waals surface area contributed by atoms with Gasteiger partial charge in [0.2, 0.25) is 10.0 Å². The SMILES string of the molecule is Nc1ccc(Br)cc1S(=O)(=O)N1CCCC1c1cccs1. The van der Waals surface area contributed by atoms with Crippen LogP contribution < -0.4 is 5.73 Å². The highest BCUT2D eigenvalue weighted by Crippen LogP contribution is 2.39. The summed E-state index contributed by atoms with van der Waals surface area (Å²) >= 11 is 4.91. The van der Waals surface area contributed by atoms with Crippen molar-refractivity contribution in [2.75, 3.05) is 12.3 Å². The van der Waals surface area contributed by atoms with Crippen LogP contribution in [-0.2, 0) is 10.0 Å². The Morgan fingerprint density at radius 3 is 2.86 bits per heavy atom. The Morgan fingerprint density at radius 2 is 2.14 bits per heavy atom. The van der Waals surface area contributed by atoms with Crippen molar-refractivity contribution in [3.05, 3.63) is 45.1 Å². The van der Waals surface area contributed by atoms with Gasteiger partial charge < -0.3 is 5.73 Å². The molecule has 1 saturated heterocycles. The highest BCUT2D eigenvalue weighted by molar-refractivity contribution is 9.10. The van der Waals surface area contributed by atoms with Crippen LogP contribution in [0.3, 0.4) is 0 Å². The number of benzene rings is 1. The average Bonchev–Trinajstić information content (AvgIpc) is 3.10. The van der Waals surface area contributed by atoms with Crippen LogP contribution >= 0.6 is 27.3 Å². The molecule has 21 heavy (non-hydrogen) atoms. The number of nitrogens with two attached hydrogens (primary N) is 1. The fraction of sp³-hybridized carbons (Fsp3) is 0.286. The summed E-state index contributed by atoms with van der Waals surface area (Å²) in [5, 5.41) is 1.98. The number of halogens is 1. The minimum absolute atomic E-state index is 0.0756. The van der Waals surface area contributed by atoms with Crippen molar-refractivity contribution < 1.29 is 8.42 Å². The first-order valence-corrected chi connectivity index (χ1v) is 9.71. The number of anilines is 1. The van der Waals surface area contributed by atoms with Gasteiger partial charge in [-0.25, -0.2) is 8.42 Å². The van der Waals surface area contributed by atoms with Crippen LogP contribution in [0.2, 0.25) is 0 Å². The first-order chi connectivity index (χ1) is 10.00. The Morgan fingerprint density at radius 1 is 1.33 bits per heavy atom. The molecule has 1 fully saturated rings. The summed E-state index contributed by atoms with van der Waals surface area (Å²) in [7, 11) is -3.58. The van der Waals surface area contributed by atoms with Gasteiger partial charge in [-0.15, -0.1) is 11.3 Å². The van der Waals surface area contributed by atoms with Crippen molar-refractivity contribution in [1.82, 2.24) is 4.31 Å².